The lowest BCUT2D eigenvalue weighted by Gasteiger charge is -2.05. The molecule has 0 unspecified atom stereocenters. The first-order valence-corrected chi connectivity index (χ1v) is 7.64. The van der Waals surface area contributed by atoms with Gasteiger partial charge >= 0.3 is 0 Å². The van der Waals surface area contributed by atoms with Gasteiger partial charge in [0.25, 0.3) is 0 Å². The number of rotatable bonds is 8. The molecule has 2 rings (SSSR count). The van der Waals surface area contributed by atoms with E-state index in [1.807, 2.05) is 25.1 Å². The molecular weight excluding hydrogens is 328 g/mol. The molecule has 0 aliphatic carbocycles. The predicted octanol–water partition coefficient (Wildman–Crippen LogP) is 0.748. The van der Waals surface area contributed by atoms with Crippen molar-refractivity contribution in [2.24, 2.45) is 0 Å². The third-order valence-electron chi connectivity index (χ3n) is 3.40. The standard InChI is InChI=1S/C17H25N2O.BrH/c1-3-5-6-9-12-18-13-14-19(15-18)16-10-7-8-11-17(16)20-4-2;/h7-8,10-11,13-15H,3-6,9,12H2,1-2H3;1H/q+1;/p-1. The lowest BCUT2D eigenvalue weighted by Crippen LogP contribution is -3.00. The summed E-state index contributed by atoms with van der Waals surface area (Å²) in [6.45, 7) is 6.04. The molecule has 0 aliphatic heterocycles. The summed E-state index contributed by atoms with van der Waals surface area (Å²) in [5.74, 6) is 0.934. The highest BCUT2D eigenvalue weighted by atomic mass is 79.9. The zero-order valence-electron chi connectivity index (χ0n) is 13.0. The van der Waals surface area contributed by atoms with Crippen molar-refractivity contribution in [2.75, 3.05) is 6.61 Å². The maximum absolute atomic E-state index is 5.68. The van der Waals surface area contributed by atoms with E-state index in [4.69, 9.17) is 4.74 Å². The summed E-state index contributed by atoms with van der Waals surface area (Å²) < 4.78 is 10.1. The number of nitrogens with zero attached hydrogens (tertiary/aromatic N) is 2. The highest BCUT2D eigenvalue weighted by molar-refractivity contribution is 5.39. The van der Waals surface area contributed by atoms with Crippen LogP contribution in [-0.2, 0) is 6.54 Å². The fraction of sp³-hybridized carbons (Fsp3) is 0.471. The molecule has 0 aliphatic rings. The van der Waals surface area contributed by atoms with Crippen molar-refractivity contribution in [3.8, 4) is 11.4 Å². The second kappa shape index (κ2) is 9.61. The van der Waals surface area contributed by atoms with Crippen molar-refractivity contribution >= 4 is 0 Å². The minimum atomic E-state index is 0. The molecule has 0 amide bonds. The molecule has 116 valence electrons. The molecule has 0 bridgehead atoms. The van der Waals surface area contributed by atoms with Gasteiger partial charge < -0.3 is 21.7 Å². The molecule has 0 radical (unpaired) electrons. The van der Waals surface area contributed by atoms with E-state index in [0.29, 0.717) is 6.61 Å². The van der Waals surface area contributed by atoms with Crippen LogP contribution in [0.5, 0.6) is 5.75 Å². The SMILES string of the molecule is CCCCCCn1cc[n+](-c2ccccc2OCC)c1.[Br-]. The first kappa shape index (κ1) is 17.8. The van der Waals surface area contributed by atoms with Crippen molar-refractivity contribution in [3.05, 3.63) is 43.0 Å². The molecule has 0 spiro atoms. The maximum atomic E-state index is 5.68. The Morgan fingerprint density at radius 2 is 1.90 bits per heavy atom. The van der Waals surface area contributed by atoms with Crippen LogP contribution in [0.25, 0.3) is 5.69 Å². The summed E-state index contributed by atoms with van der Waals surface area (Å²) in [4.78, 5) is 0. The minimum absolute atomic E-state index is 0. The Labute approximate surface area is 138 Å². The van der Waals surface area contributed by atoms with E-state index in [0.717, 1.165) is 18.0 Å². The third kappa shape index (κ3) is 5.20. The Kier molecular flexibility index (Phi) is 8.13. The quantitative estimate of drug-likeness (QED) is 0.506. The van der Waals surface area contributed by atoms with Crippen molar-refractivity contribution in [3.63, 3.8) is 0 Å². The van der Waals surface area contributed by atoms with Crippen LogP contribution in [-0.4, -0.2) is 11.2 Å². The fourth-order valence-corrected chi connectivity index (χ4v) is 2.34. The molecule has 4 heteroatoms. The first-order chi connectivity index (χ1) is 9.85. The topological polar surface area (TPSA) is 18.0 Å². The smallest absolute Gasteiger partial charge is 0.249 e. The van der Waals surface area contributed by atoms with E-state index in [-0.39, 0.29) is 17.0 Å². The highest BCUT2D eigenvalue weighted by Gasteiger charge is 2.11. The summed E-state index contributed by atoms with van der Waals surface area (Å²) in [5, 5.41) is 0. The average molecular weight is 353 g/mol. The van der Waals surface area contributed by atoms with Gasteiger partial charge in [0.2, 0.25) is 6.33 Å². The van der Waals surface area contributed by atoms with Gasteiger partial charge in [-0.15, -0.1) is 0 Å². The van der Waals surface area contributed by atoms with Crippen LogP contribution in [0.1, 0.15) is 39.5 Å². The van der Waals surface area contributed by atoms with Crippen LogP contribution in [0.15, 0.2) is 43.0 Å². The van der Waals surface area contributed by atoms with Gasteiger partial charge in [-0.05, 0) is 31.9 Å². The first-order valence-electron chi connectivity index (χ1n) is 7.64. The van der Waals surface area contributed by atoms with Crippen molar-refractivity contribution < 1.29 is 26.3 Å². The van der Waals surface area contributed by atoms with Crippen LogP contribution in [0.4, 0.5) is 0 Å². The van der Waals surface area contributed by atoms with Gasteiger partial charge in [0, 0.05) is 0 Å². The molecule has 2 aromatic rings. The van der Waals surface area contributed by atoms with Crippen LogP contribution in [0.3, 0.4) is 0 Å². The number of halogens is 1. The molecule has 0 fully saturated rings. The molecule has 1 aromatic heterocycles. The van der Waals surface area contributed by atoms with Gasteiger partial charge in [0.05, 0.1) is 13.2 Å². The molecule has 3 nitrogen and oxygen atoms in total. The van der Waals surface area contributed by atoms with E-state index in [1.165, 1.54) is 25.7 Å². The molecule has 0 N–H and O–H groups in total. The number of ether oxygens (including phenoxy) is 1. The highest BCUT2D eigenvalue weighted by Crippen LogP contribution is 2.17. The molecule has 1 heterocycles. The summed E-state index contributed by atoms with van der Waals surface area (Å²) in [6.07, 6.45) is 11.5. The Morgan fingerprint density at radius 3 is 2.67 bits per heavy atom. The summed E-state index contributed by atoms with van der Waals surface area (Å²) in [6, 6.07) is 8.16. The van der Waals surface area contributed by atoms with Gasteiger partial charge in [-0.1, -0.05) is 31.9 Å². The predicted molar refractivity (Wildman–Crippen MR) is 81.3 cm³/mol. The van der Waals surface area contributed by atoms with E-state index in [2.05, 4.69) is 40.8 Å². The van der Waals surface area contributed by atoms with E-state index in [9.17, 15) is 0 Å². The van der Waals surface area contributed by atoms with Crippen LogP contribution >= 0.6 is 0 Å². The van der Waals surface area contributed by atoms with Crippen molar-refractivity contribution in [1.29, 1.82) is 0 Å². The monoisotopic (exact) mass is 352 g/mol. The Hall–Kier alpha value is -1.29. The Morgan fingerprint density at radius 1 is 1.10 bits per heavy atom. The van der Waals surface area contributed by atoms with E-state index >= 15 is 0 Å². The molecule has 0 atom stereocenters. The minimum Gasteiger partial charge on any atom is -1.00 e. The number of unbranched alkanes of at least 4 members (excludes halogenated alkanes) is 3. The maximum Gasteiger partial charge on any atom is 0.249 e. The summed E-state index contributed by atoms with van der Waals surface area (Å²) in [5.41, 5.74) is 1.10. The van der Waals surface area contributed by atoms with Crippen LogP contribution < -0.4 is 26.3 Å². The van der Waals surface area contributed by atoms with Gasteiger partial charge in [-0.2, -0.15) is 4.57 Å². The van der Waals surface area contributed by atoms with E-state index in [1.54, 1.807) is 0 Å². The molecule has 21 heavy (non-hydrogen) atoms. The number of aryl methyl sites for hydroxylation is 1. The van der Waals surface area contributed by atoms with E-state index < -0.39 is 0 Å². The van der Waals surface area contributed by atoms with Crippen LogP contribution in [0.2, 0.25) is 0 Å². The average Bonchev–Trinajstić information content (AvgIpc) is 2.93. The van der Waals surface area contributed by atoms with Gasteiger partial charge in [0.15, 0.2) is 11.4 Å². The Balaban J connectivity index is 0.00000220. The number of para-hydroxylation sites is 2. The molecule has 0 saturated heterocycles. The zero-order valence-corrected chi connectivity index (χ0v) is 14.6. The lowest BCUT2D eigenvalue weighted by atomic mass is 10.2. The number of benzene rings is 1. The molecule has 1 aromatic carbocycles. The second-order valence-corrected chi connectivity index (χ2v) is 5.02. The number of hydrogen-bond donors (Lipinski definition) is 0. The summed E-state index contributed by atoms with van der Waals surface area (Å²) in [7, 11) is 0. The fourth-order valence-electron chi connectivity index (χ4n) is 2.34. The number of aromatic nitrogens is 2. The molecule has 0 saturated carbocycles. The van der Waals surface area contributed by atoms with Gasteiger partial charge in [-0.3, -0.25) is 0 Å². The van der Waals surface area contributed by atoms with Crippen molar-refractivity contribution in [1.82, 2.24) is 4.57 Å². The Bertz CT molecular complexity index is 525. The van der Waals surface area contributed by atoms with Crippen molar-refractivity contribution in [2.45, 2.75) is 46.1 Å². The largest absolute Gasteiger partial charge is 1.00 e. The third-order valence-corrected chi connectivity index (χ3v) is 3.40. The number of imidazole rings is 1. The normalized spacial score (nSPS) is 10.2. The summed E-state index contributed by atoms with van der Waals surface area (Å²) >= 11 is 0. The zero-order chi connectivity index (χ0) is 14.2. The lowest BCUT2D eigenvalue weighted by molar-refractivity contribution is -0.595. The second-order valence-electron chi connectivity index (χ2n) is 5.02. The number of hydrogen-bond acceptors (Lipinski definition) is 1. The van der Waals surface area contributed by atoms with Crippen LogP contribution in [0, 0.1) is 0 Å². The molecular formula is C17H25BrN2O. The van der Waals surface area contributed by atoms with Gasteiger partial charge in [-0.25, -0.2) is 4.57 Å². The van der Waals surface area contributed by atoms with Gasteiger partial charge in [0.1, 0.15) is 12.4 Å².